The molecule has 1 aromatic carbocycles. The van der Waals surface area contributed by atoms with Gasteiger partial charge in [-0.05, 0) is 25.8 Å². The summed E-state index contributed by atoms with van der Waals surface area (Å²) in [6, 6.07) is 7.92. The molecule has 1 unspecified atom stereocenters. The van der Waals surface area contributed by atoms with E-state index in [1.807, 2.05) is 38.2 Å². The lowest BCUT2D eigenvalue weighted by Crippen LogP contribution is -2.26. The fourth-order valence-electron chi connectivity index (χ4n) is 1.94. The summed E-state index contributed by atoms with van der Waals surface area (Å²) in [4.78, 5) is 13.7. The zero-order chi connectivity index (χ0) is 14.3. The molecule has 1 aromatic rings. The molecule has 2 N–H and O–H groups in total. The van der Waals surface area contributed by atoms with Crippen LogP contribution in [0.2, 0.25) is 0 Å². The van der Waals surface area contributed by atoms with Gasteiger partial charge < -0.3 is 15.4 Å². The van der Waals surface area contributed by atoms with Gasteiger partial charge in [-0.1, -0.05) is 18.2 Å². The molecule has 4 heteroatoms. The molecule has 0 saturated heterocycles. The Morgan fingerprint density at radius 2 is 2.11 bits per heavy atom. The number of amides is 1. The van der Waals surface area contributed by atoms with Gasteiger partial charge in [-0.3, -0.25) is 4.79 Å². The first-order valence-electron chi connectivity index (χ1n) is 6.66. The lowest BCUT2D eigenvalue weighted by Gasteiger charge is -2.19. The van der Waals surface area contributed by atoms with Crippen LogP contribution in [0.15, 0.2) is 24.3 Å². The standard InChI is InChI=1S/C15H24N2O2/c1-12(16)7-6-10-15(18)17(2)11-13-8-4-5-9-14(13)19-3/h4-5,8-9,12H,6-7,10-11,16H2,1-3H3. The summed E-state index contributed by atoms with van der Waals surface area (Å²) >= 11 is 0. The number of nitrogens with zero attached hydrogens (tertiary/aromatic N) is 1. The summed E-state index contributed by atoms with van der Waals surface area (Å²) in [5.74, 6) is 0.962. The molecule has 19 heavy (non-hydrogen) atoms. The first-order valence-corrected chi connectivity index (χ1v) is 6.66. The highest BCUT2D eigenvalue weighted by Gasteiger charge is 2.11. The number of hydrogen-bond donors (Lipinski definition) is 1. The highest BCUT2D eigenvalue weighted by molar-refractivity contribution is 5.75. The minimum atomic E-state index is 0.145. The Kier molecular flexibility index (Phi) is 6.36. The number of para-hydroxylation sites is 1. The summed E-state index contributed by atoms with van der Waals surface area (Å²) in [5.41, 5.74) is 6.70. The number of hydrogen-bond acceptors (Lipinski definition) is 3. The molecule has 0 aliphatic rings. The maximum atomic E-state index is 12.0. The van der Waals surface area contributed by atoms with Gasteiger partial charge in [0.05, 0.1) is 7.11 Å². The van der Waals surface area contributed by atoms with Crippen molar-refractivity contribution in [2.24, 2.45) is 5.73 Å². The van der Waals surface area contributed by atoms with Gasteiger partial charge in [0.1, 0.15) is 5.75 Å². The van der Waals surface area contributed by atoms with Gasteiger partial charge in [0.25, 0.3) is 0 Å². The Morgan fingerprint density at radius 3 is 2.74 bits per heavy atom. The Bertz CT molecular complexity index is 405. The lowest BCUT2D eigenvalue weighted by molar-refractivity contribution is -0.130. The molecule has 106 valence electrons. The Labute approximate surface area is 115 Å². The van der Waals surface area contributed by atoms with Crippen molar-refractivity contribution in [2.45, 2.75) is 38.8 Å². The van der Waals surface area contributed by atoms with Crippen molar-refractivity contribution in [2.75, 3.05) is 14.2 Å². The summed E-state index contributed by atoms with van der Waals surface area (Å²) in [6.07, 6.45) is 2.27. The fourth-order valence-corrected chi connectivity index (χ4v) is 1.94. The zero-order valence-electron chi connectivity index (χ0n) is 12.1. The molecule has 0 fully saturated rings. The zero-order valence-corrected chi connectivity index (χ0v) is 12.1. The fraction of sp³-hybridized carbons (Fsp3) is 0.533. The second-order valence-electron chi connectivity index (χ2n) is 4.93. The monoisotopic (exact) mass is 264 g/mol. The first kappa shape index (κ1) is 15.5. The van der Waals surface area contributed by atoms with E-state index in [9.17, 15) is 4.79 Å². The summed E-state index contributed by atoms with van der Waals surface area (Å²) in [5, 5.41) is 0. The number of ether oxygens (including phenoxy) is 1. The van der Waals surface area contributed by atoms with Crippen molar-refractivity contribution in [1.29, 1.82) is 0 Å². The largest absolute Gasteiger partial charge is 0.496 e. The minimum Gasteiger partial charge on any atom is -0.496 e. The Balaban J connectivity index is 2.49. The van der Waals surface area contributed by atoms with Crippen LogP contribution in [0.5, 0.6) is 5.75 Å². The number of methoxy groups -OCH3 is 1. The van der Waals surface area contributed by atoms with Gasteiger partial charge in [-0.15, -0.1) is 0 Å². The van der Waals surface area contributed by atoms with Crippen LogP contribution in [0.4, 0.5) is 0 Å². The summed E-state index contributed by atoms with van der Waals surface area (Å²) < 4.78 is 5.28. The van der Waals surface area contributed by atoms with Crippen LogP contribution in [0, 0.1) is 0 Å². The van der Waals surface area contributed by atoms with Gasteiger partial charge in [-0.25, -0.2) is 0 Å². The SMILES string of the molecule is COc1ccccc1CN(C)C(=O)CCCC(C)N. The average molecular weight is 264 g/mol. The molecule has 0 aliphatic carbocycles. The smallest absolute Gasteiger partial charge is 0.222 e. The van der Waals surface area contributed by atoms with E-state index in [0.717, 1.165) is 24.2 Å². The van der Waals surface area contributed by atoms with E-state index in [-0.39, 0.29) is 11.9 Å². The second-order valence-corrected chi connectivity index (χ2v) is 4.93. The average Bonchev–Trinajstić information content (AvgIpc) is 2.38. The predicted molar refractivity (Wildman–Crippen MR) is 77.0 cm³/mol. The van der Waals surface area contributed by atoms with Crippen molar-refractivity contribution < 1.29 is 9.53 Å². The van der Waals surface area contributed by atoms with Crippen molar-refractivity contribution in [3.05, 3.63) is 29.8 Å². The lowest BCUT2D eigenvalue weighted by atomic mass is 10.1. The normalized spacial score (nSPS) is 12.0. The number of carbonyl (C=O) groups is 1. The number of nitrogens with two attached hydrogens (primary N) is 1. The van der Waals surface area contributed by atoms with E-state index in [0.29, 0.717) is 13.0 Å². The third-order valence-corrected chi connectivity index (χ3v) is 3.08. The van der Waals surface area contributed by atoms with E-state index in [1.54, 1.807) is 12.0 Å². The topological polar surface area (TPSA) is 55.6 Å². The van der Waals surface area contributed by atoms with E-state index < -0.39 is 0 Å². The van der Waals surface area contributed by atoms with Crippen LogP contribution in [0.3, 0.4) is 0 Å². The molecule has 0 aromatic heterocycles. The maximum absolute atomic E-state index is 12.0. The highest BCUT2D eigenvalue weighted by atomic mass is 16.5. The van der Waals surface area contributed by atoms with Gasteiger partial charge in [0, 0.05) is 31.6 Å². The molecule has 0 saturated carbocycles. The van der Waals surface area contributed by atoms with E-state index >= 15 is 0 Å². The number of rotatable bonds is 7. The molecule has 1 atom stereocenters. The maximum Gasteiger partial charge on any atom is 0.222 e. The third-order valence-electron chi connectivity index (χ3n) is 3.08. The quantitative estimate of drug-likeness (QED) is 0.821. The highest BCUT2D eigenvalue weighted by Crippen LogP contribution is 2.19. The molecule has 0 heterocycles. The van der Waals surface area contributed by atoms with Gasteiger partial charge in [0.15, 0.2) is 0 Å². The van der Waals surface area contributed by atoms with Gasteiger partial charge >= 0.3 is 0 Å². The molecule has 0 aliphatic heterocycles. The van der Waals surface area contributed by atoms with E-state index in [1.165, 1.54) is 0 Å². The molecule has 0 bridgehead atoms. The molecule has 0 spiro atoms. The van der Waals surface area contributed by atoms with Crippen molar-refractivity contribution in [1.82, 2.24) is 4.90 Å². The molecular weight excluding hydrogens is 240 g/mol. The minimum absolute atomic E-state index is 0.145. The molecule has 4 nitrogen and oxygen atoms in total. The molecular formula is C15H24N2O2. The first-order chi connectivity index (χ1) is 9.04. The van der Waals surface area contributed by atoms with Crippen molar-refractivity contribution in [3.63, 3.8) is 0 Å². The van der Waals surface area contributed by atoms with Crippen molar-refractivity contribution >= 4 is 5.91 Å². The van der Waals surface area contributed by atoms with Crippen molar-refractivity contribution in [3.8, 4) is 5.75 Å². The second kappa shape index (κ2) is 7.79. The van der Waals surface area contributed by atoms with Crippen LogP contribution in [-0.4, -0.2) is 31.0 Å². The van der Waals surface area contributed by atoms with Crippen LogP contribution < -0.4 is 10.5 Å². The Hall–Kier alpha value is -1.55. The van der Waals surface area contributed by atoms with Crippen LogP contribution in [0.25, 0.3) is 0 Å². The third kappa shape index (κ3) is 5.30. The number of carbonyl (C=O) groups excluding carboxylic acids is 1. The molecule has 1 amide bonds. The van der Waals surface area contributed by atoms with Crippen LogP contribution >= 0.6 is 0 Å². The predicted octanol–water partition coefficient (Wildman–Crippen LogP) is 2.17. The van der Waals surface area contributed by atoms with Gasteiger partial charge in [-0.2, -0.15) is 0 Å². The van der Waals surface area contributed by atoms with E-state index in [2.05, 4.69) is 0 Å². The Morgan fingerprint density at radius 1 is 1.42 bits per heavy atom. The van der Waals surface area contributed by atoms with Gasteiger partial charge in [0.2, 0.25) is 5.91 Å². The van der Waals surface area contributed by atoms with Crippen LogP contribution in [0.1, 0.15) is 31.7 Å². The number of benzene rings is 1. The summed E-state index contributed by atoms with van der Waals surface area (Å²) in [6.45, 7) is 2.53. The van der Waals surface area contributed by atoms with Crippen LogP contribution in [-0.2, 0) is 11.3 Å². The summed E-state index contributed by atoms with van der Waals surface area (Å²) in [7, 11) is 3.46. The molecule has 0 radical (unpaired) electrons. The molecule has 1 rings (SSSR count). The van der Waals surface area contributed by atoms with E-state index in [4.69, 9.17) is 10.5 Å².